The van der Waals surface area contributed by atoms with E-state index in [2.05, 4.69) is 26.3 Å². The van der Waals surface area contributed by atoms with Crippen LogP contribution in [0.1, 0.15) is 66.4 Å². The summed E-state index contributed by atoms with van der Waals surface area (Å²) in [6.07, 6.45) is -2.35. The van der Waals surface area contributed by atoms with Crippen molar-refractivity contribution in [1.29, 1.82) is 0 Å². The van der Waals surface area contributed by atoms with E-state index in [0.29, 0.717) is 27.7 Å². The minimum absolute atomic E-state index is 0.00231. The SMILES string of the molecule is CCC(NC(=O)C(C)NC)C(=O)N1CC(F)CC1Cn1c(-c2[nH]c3cc(F)ccc3c2CC2CC(F)CN2C(=O)C(NC(=O)C(C)NC)C(C)(C)C)nc2cc(F)ccc21. The lowest BCUT2D eigenvalue weighted by molar-refractivity contribution is -0.140. The highest BCUT2D eigenvalue weighted by Gasteiger charge is 2.44. The number of aromatic amines is 1. The summed E-state index contributed by atoms with van der Waals surface area (Å²) in [5, 5.41) is 12.0. The van der Waals surface area contributed by atoms with Crippen molar-refractivity contribution in [1.82, 2.24) is 45.6 Å². The average Bonchev–Trinajstić information content (AvgIpc) is 3.96. The van der Waals surface area contributed by atoms with Crippen LogP contribution < -0.4 is 21.3 Å². The van der Waals surface area contributed by atoms with Crippen molar-refractivity contribution in [2.75, 3.05) is 27.2 Å². The van der Waals surface area contributed by atoms with Crippen molar-refractivity contribution in [2.24, 2.45) is 5.41 Å². The van der Waals surface area contributed by atoms with Crippen LogP contribution in [0.25, 0.3) is 33.5 Å². The van der Waals surface area contributed by atoms with Crippen molar-refractivity contribution in [3.63, 3.8) is 0 Å². The molecule has 4 amide bonds. The largest absolute Gasteiger partial charge is 0.352 e. The van der Waals surface area contributed by atoms with Gasteiger partial charge in [0.1, 0.15) is 36.1 Å². The number of likely N-dealkylation sites (tertiary alicyclic amines) is 2. The number of hydrogen-bond donors (Lipinski definition) is 5. The summed E-state index contributed by atoms with van der Waals surface area (Å²) in [6.45, 7) is 10.2. The van der Waals surface area contributed by atoms with Gasteiger partial charge in [-0.15, -0.1) is 0 Å². The number of aromatic nitrogens is 3. The molecule has 4 heterocycles. The van der Waals surface area contributed by atoms with Gasteiger partial charge in [0.05, 0.1) is 47.9 Å². The smallest absolute Gasteiger partial charge is 0.246 e. The topological polar surface area (TPSA) is 156 Å². The van der Waals surface area contributed by atoms with Gasteiger partial charge in [0.25, 0.3) is 0 Å². The Morgan fingerprint density at radius 3 is 2.05 bits per heavy atom. The molecule has 8 atom stereocenters. The predicted molar refractivity (Wildman–Crippen MR) is 221 cm³/mol. The lowest BCUT2D eigenvalue weighted by atomic mass is 9.85. The number of H-pyrrole nitrogens is 1. The quantitative estimate of drug-likeness (QED) is 0.117. The molecule has 2 aromatic carbocycles. The molecule has 0 radical (unpaired) electrons. The summed E-state index contributed by atoms with van der Waals surface area (Å²) in [5.74, 6) is -2.41. The summed E-state index contributed by atoms with van der Waals surface area (Å²) >= 11 is 0. The van der Waals surface area contributed by atoms with Gasteiger partial charge in [0, 0.05) is 42.4 Å². The highest BCUT2D eigenvalue weighted by atomic mass is 19.1. The Kier molecular flexibility index (Phi) is 13.3. The zero-order chi connectivity index (χ0) is 43.8. The summed E-state index contributed by atoms with van der Waals surface area (Å²) in [4.78, 5) is 65.3. The number of hydrogen-bond acceptors (Lipinski definition) is 7. The average molecular weight is 840 g/mol. The van der Waals surface area contributed by atoms with E-state index in [0.717, 1.165) is 0 Å². The van der Waals surface area contributed by atoms with Crippen LogP contribution in [0.4, 0.5) is 17.6 Å². The monoisotopic (exact) mass is 839 g/mol. The lowest BCUT2D eigenvalue weighted by Gasteiger charge is -2.36. The summed E-state index contributed by atoms with van der Waals surface area (Å²) in [7, 11) is 3.26. The number of amides is 4. The van der Waals surface area contributed by atoms with Gasteiger partial charge in [-0.05, 0) is 82.1 Å². The molecule has 2 aliphatic rings. The predicted octanol–water partition coefficient (Wildman–Crippen LogP) is 4.52. The van der Waals surface area contributed by atoms with Crippen LogP contribution in [0, 0.1) is 17.0 Å². The number of benzene rings is 2. The molecular weight excluding hydrogens is 783 g/mol. The van der Waals surface area contributed by atoms with Crippen LogP contribution in [-0.4, -0.2) is 124 Å². The third kappa shape index (κ3) is 9.16. The van der Waals surface area contributed by atoms with Gasteiger partial charge in [-0.25, -0.2) is 22.5 Å². The van der Waals surface area contributed by atoms with E-state index < -0.39 is 77.5 Å². The molecule has 2 fully saturated rings. The highest BCUT2D eigenvalue weighted by molar-refractivity contribution is 5.93. The standard InChI is InChI=1S/C43H57F4N9O4/c1-9-32(52-39(57)22(2)48-7)41(59)55-20-27(47)15-29(55)21-56-35-13-11-25(45)17-34(35)51-38(56)36-31(30-12-10-24(44)16-33(30)50-36)18-28-14-26(46)19-54(28)42(60)37(43(4,5)6)53-40(58)23(3)49-8/h10-13,16-17,22-23,26-29,32,37,48-50H,9,14-15,18-21H2,1-8H3,(H,52,57)(H,53,58). The molecule has 6 rings (SSSR count). The normalized spacial score (nSPS) is 21.7. The molecular formula is C43H57F4N9O4. The van der Waals surface area contributed by atoms with Gasteiger partial charge in [0.2, 0.25) is 23.6 Å². The fraction of sp³-hybridized carbons (Fsp3) is 0.558. The Morgan fingerprint density at radius 1 is 0.850 bits per heavy atom. The molecule has 0 spiro atoms. The summed E-state index contributed by atoms with van der Waals surface area (Å²) in [5.41, 5.74) is 1.42. The van der Waals surface area contributed by atoms with Crippen LogP contribution in [0.15, 0.2) is 36.4 Å². The number of carbonyl (C=O) groups is 4. The molecule has 4 aromatic rings. The maximum absolute atomic E-state index is 15.5. The van der Waals surface area contributed by atoms with Crippen molar-refractivity contribution < 1.29 is 36.7 Å². The number of rotatable bonds is 14. The molecule has 8 unspecified atom stereocenters. The zero-order valence-electron chi connectivity index (χ0n) is 35.5. The van der Waals surface area contributed by atoms with Crippen LogP contribution >= 0.6 is 0 Å². The molecule has 0 saturated carbocycles. The number of carbonyl (C=O) groups excluding carboxylic acids is 4. The van der Waals surface area contributed by atoms with Gasteiger partial charge < -0.3 is 40.6 Å². The molecule has 13 nitrogen and oxygen atoms in total. The minimum atomic E-state index is -1.36. The second-order valence-electron chi connectivity index (χ2n) is 17.3. The number of nitrogens with one attached hydrogen (secondary N) is 5. The van der Waals surface area contributed by atoms with E-state index >= 15 is 8.78 Å². The highest BCUT2D eigenvalue weighted by Crippen LogP contribution is 2.38. The lowest BCUT2D eigenvalue weighted by Crippen LogP contribution is -2.58. The van der Waals surface area contributed by atoms with Gasteiger partial charge in [-0.3, -0.25) is 19.2 Å². The number of nitrogens with zero attached hydrogens (tertiary/aromatic N) is 4. The van der Waals surface area contributed by atoms with Crippen LogP contribution in [0.3, 0.4) is 0 Å². The van der Waals surface area contributed by atoms with Crippen molar-refractivity contribution in [2.45, 2.75) is 122 Å². The molecule has 2 saturated heterocycles. The van der Waals surface area contributed by atoms with Crippen molar-refractivity contribution in [3.8, 4) is 11.5 Å². The zero-order valence-corrected chi connectivity index (χ0v) is 35.5. The van der Waals surface area contributed by atoms with Crippen LogP contribution in [0.5, 0.6) is 0 Å². The number of fused-ring (bicyclic) bond motifs is 2. The Labute approximate surface area is 347 Å². The Hall–Kier alpha value is -5.03. The van der Waals surface area contributed by atoms with E-state index in [-0.39, 0.29) is 68.5 Å². The Bertz CT molecular complexity index is 2240. The minimum Gasteiger partial charge on any atom is -0.352 e. The molecule has 0 aliphatic carbocycles. The van der Waals surface area contributed by atoms with Gasteiger partial charge >= 0.3 is 0 Å². The van der Waals surface area contributed by atoms with E-state index in [1.54, 1.807) is 51.6 Å². The molecule has 2 aliphatic heterocycles. The molecule has 17 heteroatoms. The van der Waals surface area contributed by atoms with Crippen LogP contribution in [-0.2, 0) is 32.1 Å². The van der Waals surface area contributed by atoms with E-state index in [9.17, 15) is 28.0 Å². The Balaban J connectivity index is 1.41. The molecule has 5 N–H and O–H groups in total. The fourth-order valence-corrected chi connectivity index (χ4v) is 8.36. The second kappa shape index (κ2) is 17.9. The number of halogens is 4. The molecule has 326 valence electrons. The second-order valence-corrected chi connectivity index (χ2v) is 17.3. The number of alkyl halides is 2. The van der Waals surface area contributed by atoms with Gasteiger partial charge in [0.15, 0.2) is 5.82 Å². The molecule has 0 bridgehead atoms. The summed E-state index contributed by atoms with van der Waals surface area (Å²) < 4.78 is 62.3. The van der Waals surface area contributed by atoms with Crippen LogP contribution in [0.2, 0.25) is 0 Å². The number of likely N-dealkylation sites (N-methyl/N-ethyl adjacent to an activating group) is 2. The molecule has 60 heavy (non-hydrogen) atoms. The van der Waals surface area contributed by atoms with Gasteiger partial charge in [-0.2, -0.15) is 0 Å². The van der Waals surface area contributed by atoms with Crippen molar-refractivity contribution in [3.05, 3.63) is 53.6 Å². The van der Waals surface area contributed by atoms with Gasteiger partial charge in [-0.1, -0.05) is 27.7 Å². The maximum Gasteiger partial charge on any atom is 0.246 e. The first kappa shape index (κ1) is 44.5. The Morgan fingerprint density at radius 2 is 1.43 bits per heavy atom. The third-order valence-corrected chi connectivity index (χ3v) is 12.0. The first-order chi connectivity index (χ1) is 28.3. The third-order valence-electron chi connectivity index (χ3n) is 12.0. The first-order valence-corrected chi connectivity index (χ1v) is 20.7. The van der Waals surface area contributed by atoms with E-state index in [1.807, 2.05) is 20.8 Å². The summed E-state index contributed by atoms with van der Waals surface area (Å²) in [6, 6.07) is 3.89. The van der Waals surface area contributed by atoms with E-state index in [4.69, 9.17) is 4.98 Å². The number of imidazole rings is 1. The van der Waals surface area contributed by atoms with E-state index in [1.165, 1.54) is 34.1 Å². The maximum atomic E-state index is 15.5. The fourth-order valence-electron chi connectivity index (χ4n) is 8.36. The first-order valence-electron chi connectivity index (χ1n) is 20.7. The molecule has 2 aromatic heterocycles. The van der Waals surface area contributed by atoms with Crippen molar-refractivity contribution >= 4 is 45.6 Å².